The first-order valence-electron chi connectivity index (χ1n) is 6.70. The highest BCUT2D eigenvalue weighted by Crippen LogP contribution is 2.18. The molecule has 2 rings (SSSR count). The van der Waals surface area contributed by atoms with E-state index in [0.29, 0.717) is 12.3 Å². The molecule has 0 saturated heterocycles. The van der Waals surface area contributed by atoms with Crippen LogP contribution >= 0.6 is 0 Å². The van der Waals surface area contributed by atoms with Crippen LogP contribution in [0.15, 0.2) is 58.6 Å². The molecule has 0 bridgehead atoms. The van der Waals surface area contributed by atoms with E-state index in [2.05, 4.69) is 15.0 Å². The normalized spacial score (nSPS) is 11.0. The van der Waals surface area contributed by atoms with Crippen LogP contribution in [0.25, 0.3) is 0 Å². The Balaban J connectivity index is 1.88. The number of nitrogens with zero attached hydrogens (tertiary/aromatic N) is 3. The third-order valence-corrected chi connectivity index (χ3v) is 2.68. The van der Waals surface area contributed by atoms with Crippen molar-refractivity contribution in [1.82, 2.24) is 4.98 Å². The molecule has 7 heteroatoms. The molecule has 0 unspecified atom stereocenters. The van der Waals surface area contributed by atoms with Crippen molar-refractivity contribution in [3.05, 3.63) is 54.4 Å². The number of pyridine rings is 1. The molecule has 0 radical (unpaired) electrons. The first-order valence-corrected chi connectivity index (χ1v) is 6.70. The summed E-state index contributed by atoms with van der Waals surface area (Å²) in [5.41, 5.74) is 17.6. The fourth-order valence-corrected chi connectivity index (χ4v) is 1.73. The lowest BCUT2D eigenvalue weighted by Crippen LogP contribution is -2.26. The van der Waals surface area contributed by atoms with Crippen molar-refractivity contribution in [1.29, 1.82) is 0 Å². The Labute approximate surface area is 128 Å². The quantitative estimate of drug-likeness (QED) is 0.559. The molecule has 114 valence electrons. The number of aliphatic imine (C=N–C) groups is 2. The average Bonchev–Trinajstić information content (AvgIpc) is 2.49. The summed E-state index contributed by atoms with van der Waals surface area (Å²) >= 11 is 0. The Bertz CT molecular complexity index is 647. The van der Waals surface area contributed by atoms with Gasteiger partial charge in [0.1, 0.15) is 5.75 Å². The molecule has 1 aromatic heterocycles. The van der Waals surface area contributed by atoms with Crippen LogP contribution in [-0.2, 0) is 6.42 Å². The smallest absolute Gasteiger partial charge is 0.223 e. The van der Waals surface area contributed by atoms with Gasteiger partial charge < -0.3 is 21.9 Å². The van der Waals surface area contributed by atoms with Crippen molar-refractivity contribution in [3.8, 4) is 5.75 Å². The van der Waals surface area contributed by atoms with Crippen LogP contribution in [0, 0.1) is 0 Å². The molecular formula is C15H18N6O. The van der Waals surface area contributed by atoms with E-state index in [1.54, 1.807) is 30.5 Å². The van der Waals surface area contributed by atoms with E-state index in [9.17, 15) is 0 Å². The Morgan fingerprint density at radius 2 is 1.82 bits per heavy atom. The van der Waals surface area contributed by atoms with E-state index in [0.717, 1.165) is 17.9 Å². The zero-order valence-corrected chi connectivity index (χ0v) is 12.0. The molecule has 0 aliphatic heterocycles. The van der Waals surface area contributed by atoms with Gasteiger partial charge in [0, 0.05) is 18.3 Å². The summed E-state index contributed by atoms with van der Waals surface area (Å²) in [4.78, 5) is 11.9. The summed E-state index contributed by atoms with van der Waals surface area (Å²) in [6.45, 7) is 0.551. The van der Waals surface area contributed by atoms with Crippen molar-refractivity contribution in [2.45, 2.75) is 6.42 Å². The second-order valence-corrected chi connectivity index (χ2v) is 4.42. The van der Waals surface area contributed by atoms with Crippen molar-refractivity contribution < 1.29 is 4.74 Å². The highest BCUT2D eigenvalue weighted by molar-refractivity contribution is 5.93. The van der Waals surface area contributed by atoms with Crippen molar-refractivity contribution >= 4 is 17.6 Å². The maximum absolute atomic E-state index is 5.65. The van der Waals surface area contributed by atoms with Crippen LogP contribution in [0.4, 0.5) is 5.69 Å². The summed E-state index contributed by atoms with van der Waals surface area (Å²) < 4.78 is 5.65. The van der Waals surface area contributed by atoms with Gasteiger partial charge in [-0.05, 0) is 36.4 Å². The summed E-state index contributed by atoms with van der Waals surface area (Å²) in [5.74, 6) is 0.620. The van der Waals surface area contributed by atoms with Crippen molar-refractivity contribution in [2.75, 3.05) is 6.61 Å². The summed E-state index contributed by atoms with van der Waals surface area (Å²) in [5, 5.41) is 0. The molecule has 0 saturated carbocycles. The van der Waals surface area contributed by atoms with Gasteiger partial charge in [0.15, 0.2) is 5.96 Å². The van der Waals surface area contributed by atoms with Gasteiger partial charge in [-0.15, -0.1) is 0 Å². The van der Waals surface area contributed by atoms with Crippen molar-refractivity contribution in [3.63, 3.8) is 0 Å². The lowest BCUT2D eigenvalue weighted by atomic mass is 10.3. The number of aromatic nitrogens is 1. The molecular weight excluding hydrogens is 280 g/mol. The lowest BCUT2D eigenvalue weighted by Gasteiger charge is -2.06. The number of guanidine groups is 2. The number of rotatable bonds is 5. The summed E-state index contributed by atoms with van der Waals surface area (Å²) in [7, 11) is 0. The Hall–Kier alpha value is -3.09. The maximum Gasteiger partial charge on any atom is 0.223 e. The largest absolute Gasteiger partial charge is 0.493 e. The van der Waals surface area contributed by atoms with Crippen LogP contribution in [0.5, 0.6) is 5.75 Å². The van der Waals surface area contributed by atoms with E-state index in [-0.39, 0.29) is 11.9 Å². The summed E-state index contributed by atoms with van der Waals surface area (Å²) in [6.07, 6.45) is 2.52. The first-order chi connectivity index (χ1) is 10.6. The molecule has 0 fully saturated rings. The third kappa shape index (κ3) is 5.12. The lowest BCUT2D eigenvalue weighted by molar-refractivity contribution is 0.320. The molecule has 22 heavy (non-hydrogen) atoms. The van der Waals surface area contributed by atoms with Crippen LogP contribution in [0.2, 0.25) is 0 Å². The maximum atomic E-state index is 5.65. The highest BCUT2D eigenvalue weighted by Gasteiger charge is 1.98. The van der Waals surface area contributed by atoms with Gasteiger partial charge in [0.25, 0.3) is 0 Å². The Kier molecular flexibility index (Phi) is 5.31. The number of hydrogen-bond acceptors (Lipinski definition) is 3. The minimum absolute atomic E-state index is 0.00354. The fourth-order valence-electron chi connectivity index (χ4n) is 1.73. The van der Waals surface area contributed by atoms with Gasteiger partial charge in [0.05, 0.1) is 12.3 Å². The number of benzene rings is 1. The second kappa shape index (κ2) is 7.63. The SMILES string of the molecule is NC(N)=NC(N)=Nc1ccc(OCCc2ccccn2)cc1. The average molecular weight is 298 g/mol. The minimum atomic E-state index is -0.129. The fraction of sp³-hybridized carbons (Fsp3) is 0.133. The molecule has 7 nitrogen and oxygen atoms in total. The molecule has 0 atom stereocenters. The molecule has 0 amide bonds. The van der Waals surface area contributed by atoms with Gasteiger partial charge in [-0.25, -0.2) is 4.99 Å². The highest BCUT2D eigenvalue weighted by atomic mass is 16.5. The van der Waals surface area contributed by atoms with Gasteiger partial charge >= 0.3 is 0 Å². The van der Waals surface area contributed by atoms with Crippen LogP contribution in [0.1, 0.15) is 5.69 Å². The Morgan fingerprint density at radius 3 is 2.45 bits per heavy atom. The first kappa shape index (κ1) is 15.3. The standard InChI is InChI=1S/C15H18N6O/c16-14(17)21-15(18)20-12-4-6-13(7-5-12)22-10-8-11-3-1-2-9-19-11/h1-7,9H,8,10H2,(H6,16,17,18,20,21). The minimum Gasteiger partial charge on any atom is -0.493 e. The second-order valence-electron chi connectivity index (χ2n) is 4.42. The van der Waals surface area contributed by atoms with E-state index in [4.69, 9.17) is 21.9 Å². The monoisotopic (exact) mass is 298 g/mol. The molecule has 0 spiro atoms. The molecule has 6 N–H and O–H groups in total. The van der Waals surface area contributed by atoms with Crippen LogP contribution in [-0.4, -0.2) is 23.5 Å². The van der Waals surface area contributed by atoms with E-state index >= 15 is 0 Å². The topological polar surface area (TPSA) is 125 Å². The number of nitrogens with two attached hydrogens (primary N) is 3. The van der Waals surface area contributed by atoms with Gasteiger partial charge in [0.2, 0.25) is 5.96 Å². The molecule has 1 heterocycles. The zero-order valence-electron chi connectivity index (χ0n) is 12.0. The van der Waals surface area contributed by atoms with Crippen LogP contribution < -0.4 is 21.9 Å². The predicted molar refractivity (Wildman–Crippen MR) is 87.0 cm³/mol. The van der Waals surface area contributed by atoms with Gasteiger partial charge in [-0.3, -0.25) is 4.98 Å². The zero-order chi connectivity index (χ0) is 15.8. The Morgan fingerprint density at radius 1 is 1.05 bits per heavy atom. The predicted octanol–water partition coefficient (Wildman–Crippen LogP) is 0.923. The molecule has 2 aromatic rings. The molecule has 0 aliphatic carbocycles. The molecule has 0 aliphatic rings. The number of hydrogen-bond donors (Lipinski definition) is 3. The number of ether oxygens (including phenoxy) is 1. The van der Waals surface area contributed by atoms with E-state index in [1.807, 2.05) is 18.2 Å². The summed E-state index contributed by atoms with van der Waals surface area (Å²) in [6, 6.07) is 13.0. The van der Waals surface area contributed by atoms with E-state index < -0.39 is 0 Å². The third-order valence-electron chi connectivity index (χ3n) is 2.68. The van der Waals surface area contributed by atoms with Gasteiger partial charge in [-0.2, -0.15) is 4.99 Å². The molecule has 1 aromatic carbocycles. The van der Waals surface area contributed by atoms with Crippen molar-refractivity contribution in [2.24, 2.45) is 27.2 Å². The van der Waals surface area contributed by atoms with Gasteiger partial charge in [-0.1, -0.05) is 6.07 Å². The van der Waals surface area contributed by atoms with Crippen LogP contribution in [0.3, 0.4) is 0 Å². The van der Waals surface area contributed by atoms with E-state index in [1.165, 1.54) is 0 Å².